The summed E-state index contributed by atoms with van der Waals surface area (Å²) >= 11 is 0. The van der Waals surface area contributed by atoms with Gasteiger partial charge < -0.3 is 13.7 Å². The number of carbonyl (C=O) groups is 1. The topological polar surface area (TPSA) is 61.4 Å². The first-order chi connectivity index (χ1) is 11.0. The zero-order chi connectivity index (χ0) is 16.6. The van der Waals surface area contributed by atoms with Crippen molar-refractivity contribution < 1.29 is 22.7 Å². The van der Waals surface area contributed by atoms with Gasteiger partial charge in [-0.05, 0) is 18.2 Å². The van der Waals surface area contributed by atoms with Crippen molar-refractivity contribution in [1.29, 1.82) is 0 Å². The maximum Gasteiger partial charge on any atom is 0.373 e. The second-order valence-electron chi connectivity index (χ2n) is 4.85. The van der Waals surface area contributed by atoms with Gasteiger partial charge in [0.25, 0.3) is 0 Å². The third-order valence-corrected chi connectivity index (χ3v) is 3.36. The molecular weight excluding hydrogens is 308 g/mol. The monoisotopic (exact) mass is 319 g/mol. The van der Waals surface area contributed by atoms with Crippen LogP contribution in [0, 0.1) is 11.6 Å². The summed E-state index contributed by atoms with van der Waals surface area (Å²) in [7, 11) is 1.23. The van der Waals surface area contributed by atoms with Crippen molar-refractivity contribution in [2.75, 3.05) is 7.11 Å². The summed E-state index contributed by atoms with van der Waals surface area (Å²) in [6.07, 6.45) is 1.38. The van der Waals surface area contributed by atoms with Gasteiger partial charge in [0.15, 0.2) is 11.2 Å². The summed E-state index contributed by atoms with van der Waals surface area (Å²) in [6.45, 7) is 0.0658. The number of benzene rings is 1. The van der Waals surface area contributed by atoms with Gasteiger partial charge in [0, 0.05) is 18.3 Å². The Kier molecular flexibility index (Phi) is 3.69. The number of hydrogen-bond acceptors (Lipinski definition) is 4. The number of carbonyl (C=O) groups excluding carboxylic acids is 1. The number of nitrogens with zero attached hydrogens (tertiary/aromatic N) is 1. The largest absolute Gasteiger partial charge is 0.463 e. The molecule has 3 aromatic rings. The van der Waals surface area contributed by atoms with E-state index in [4.69, 9.17) is 4.42 Å². The summed E-state index contributed by atoms with van der Waals surface area (Å²) < 4.78 is 38.6. The second-order valence-corrected chi connectivity index (χ2v) is 4.85. The maximum atomic E-state index is 14.1. The van der Waals surface area contributed by atoms with Gasteiger partial charge in [-0.1, -0.05) is 0 Å². The summed E-state index contributed by atoms with van der Waals surface area (Å²) in [5.41, 5.74) is -0.515. The van der Waals surface area contributed by atoms with Crippen LogP contribution < -0.4 is 5.43 Å². The summed E-state index contributed by atoms with van der Waals surface area (Å²) in [5.74, 6) is -1.93. The Morgan fingerprint density at radius 1 is 1.26 bits per heavy atom. The van der Waals surface area contributed by atoms with Gasteiger partial charge in [-0.3, -0.25) is 4.79 Å². The van der Waals surface area contributed by atoms with E-state index in [9.17, 15) is 18.4 Å². The average molecular weight is 319 g/mol. The fourth-order valence-corrected chi connectivity index (χ4v) is 2.34. The highest BCUT2D eigenvalue weighted by atomic mass is 19.1. The van der Waals surface area contributed by atoms with Gasteiger partial charge in [-0.15, -0.1) is 0 Å². The molecule has 1 aromatic carbocycles. The van der Waals surface area contributed by atoms with E-state index in [1.54, 1.807) is 0 Å². The number of furan rings is 1. The lowest BCUT2D eigenvalue weighted by molar-refractivity contribution is 0.0563. The van der Waals surface area contributed by atoms with Crippen LogP contribution in [0.1, 0.15) is 16.3 Å². The lowest BCUT2D eigenvalue weighted by atomic mass is 10.2. The number of pyridine rings is 1. The minimum atomic E-state index is -0.850. The molecule has 118 valence electrons. The Morgan fingerprint density at radius 3 is 2.78 bits per heavy atom. The quantitative estimate of drug-likeness (QED) is 0.696. The minimum Gasteiger partial charge on any atom is -0.463 e. The smallest absolute Gasteiger partial charge is 0.373 e. The molecular formula is C16H11F2NO4. The van der Waals surface area contributed by atoms with Crippen molar-refractivity contribution in [2.45, 2.75) is 6.54 Å². The zero-order valence-corrected chi connectivity index (χ0v) is 12.0. The molecule has 0 spiro atoms. The molecule has 7 heteroatoms. The molecule has 0 saturated heterocycles. The summed E-state index contributed by atoms with van der Waals surface area (Å²) in [6, 6.07) is 5.88. The Bertz CT molecular complexity index is 958. The van der Waals surface area contributed by atoms with Crippen molar-refractivity contribution in [3.05, 3.63) is 69.9 Å². The second kappa shape index (κ2) is 5.68. The van der Waals surface area contributed by atoms with Crippen molar-refractivity contribution in [2.24, 2.45) is 0 Å². The van der Waals surface area contributed by atoms with Crippen LogP contribution in [0.15, 0.2) is 45.7 Å². The van der Waals surface area contributed by atoms with Crippen molar-refractivity contribution in [3.63, 3.8) is 0 Å². The molecule has 0 fully saturated rings. The van der Waals surface area contributed by atoms with E-state index in [2.05, 4.69) is 4.74 Å². The molecule has 3 rings (SSSR count). The molecule has 5 nitrogen and oxygen atoms in total. The first kappa shape index (κ1) is 15.0. The molecule has 2 heterocycles. The number of ether oxygens (including phenoxy) is 1. The Hall–Kier alpha value is -2.96. The summed E-state index contributed by atoms with van der Waals surface area (Å²) in [4.78, 5) is 23.2. The van der Waals surface area contributed by atoms with Crippen LogP contribution in [0.25, 0.3) is 10.9 Å². The average Bonchev–Trinajstić information content (AvgIpc) is 2.97. The molecule has 0 N–H and O–H groups in total. The SMILES string of the molecule is COC(=O)c1ccc(Cn2ccc(=O)c3cc(F)cc(F)c32)o1. The molecule has 0 unspecified atom stereocenters. The Labute approximate surface area is 128 Å². The molecule has 0 radical (unpaired) electrons. The predicted molar refractivity (Wildman–Crippen MR) is 77.3 cm³/mol. The standard InChI is InChI=1S/C16H11F2NO4/c1-22-16(21)14-3-2-10(23-14)8-19-5-4-13(20)11-6-9(17)7-12(18)15(11)19/h2-7H,8H2,1H3. The molecule has 0 aliphatic heterocycles. The Morgan fingerprint density at radius 2 is 2.04 bits per heavy atom. The predicted octanol–water partition coefficient (Wildman–Crippen LogP) is 2.71. The number of aromatic nitrogens is 1. The van der Waals surface area contributed by atoms with Crippen LogP contribution >= 0.6 is 0 Å². The van der Waals surface area contributed by atoms with Gasteiger partial charge in [-0.25, -0.2) is 13.6 Å². The highest BCUT2D eigenvalue weighted by molar-refractivity contribution is 5.86. The number of esters is 1. The molecule has 0 saturated carbocycles. The third kappa shape index (κ3) is 2.73. The number of rotatable bonds is 3. The molecule has 0 aliphatic rings. The normalized spacial score (nSPS) is 10.9. The molecule has 23 heavy (non-hydrogen) atoms. The molecule has 0 amide bonds. The minimum absolute atomic E-state index is 0.0133. The molecule has 0 aliphatic carbocycles. The first-order valence-electron chi connectivity index (χ1n) is 6.65. The van der Waals surface area contributed by atoms with Gasteiger partial charge in [0.2, 0.25) is 5.76 Å². The van der Waals surface area contributed by atoms with E-state index in [-0.39, 0.29) is 23.2 Å². The van der Waals surface area contributed by atoms with Crippen LogP contribution in [0.3, 0.4) is 0 Å². The van der Waals surface area contributed by atoms with Gasteiger partial charge in [0.1, 0.15) is 11.6 Å². The number of halogens is 2. The van der Waals surface area contributed by atoms with E-state index in [0.29, 0.717) is 11.8 Å². The van der Waals surface area contributed by atoms with Crippen LogP contribution in [-0.2, 0) is 11.3 Å². The van der Waals surface area contributed by atoms with E-state index < -0.39 is 23.0 Å². The van der Waals surface area contributed by atoms with E-state index in [1.807, 2.05) is 0 Å². The fraction of sp³-hybridized carbons (Fsp3) is 0.125. The van der Waals surface area contributed by atoms with E-state index in [0.717, 1.165) is 6.07 Å². The van der Waals surface area contributed by atoms with Crippen molar-refractivity contribution in [3.8, 4) is 0 Å². The lowest BCUT2D eigenvalue weighted by Crippen LogP contribution is -2.10. The third-order valence-electron chi connectivity index (χ3n) is 3.36. The highest BCUT2D eigenvalue weighted by Gasteiger charge is 2.14. The lowest BCUT2D eigenvalue weighted by Gasteiger charge is -2.10. The first-order valence-corrected chi connectivity index (χ1v) is 6.65. The van der Waals surface area contributed by atoms with Gasteiger partial charge in [-0.2, -0.15) is 0 Å². The van der Waals surface area contributed by atoms with Crippen LogP contribution in [0.5, 0.6) is 0 Å². The van der Waals surface area contributed by atoms with Gasteiger partial charge in [0.05, 0.1) is 24.6 Å². The Balaban J connectivity index is 2.07. The molecule has 0 atom stereocenters. The molecule has 2 aromatic heterocycles. The van der Waals surface area contributed by atoms with Gasteiger partial charge >= 0.3 is 5.97 Å². The van der Waals surface area contributed by atoms with E-state index in [1.165, 1.54) is 36.1 Å². The zero-order valence-electron chi connectivity index (χ0n) is 12.0. The van der Waals surface area contributed by atoms with E-state index >= 15 is 0 Å². The van der Waals surface area contributed by atoms with Crippen LogP contribution in [0.4, 0.5) is 8.78 Å². The fourth-order valence-electron chi connectivity index (χ4n) is 2.34. The highest BCUT2D eigenvalue weighted by Crippen LogP contribution is 2.19. The number of methoxy groups -OCH3 is 1. The maximum absolute atomic E-state index is 14.1. The van der Waals surface area contributed by atoms with Crippen LogP contribution in [-0.4, -0.2) is 17.6 Å². The molecule has 0 bridgehead atoms. The number of hydrogen-bond donors (Lipinski definition) is 0. The van der Waals surface area contributed by atoms with Crippen molar-refractivity contribution in [1.82, 2.24) is 4.57 Å². The number of fused-ring (bicyclic) bond motifs is 1. The summed E-state index contributed by atoms with van der Waals surface area (Å²) in [5, 5.41) is -0.0650. The van der Waals surface area contributed by atoms with Crippen LogP contribution in [0.2, 0.25) is 0 Å². The van der Waals surface area contributed by atoms with Crippen molar-refractivity contribution >= 4 is 16.9 Å².